The third-order valence-electron chi connectivity index (χ3n) is 4.34. The van der Waals surface area contributed by atoms with Crippen molar-refractivity contribution in [2.24, 2.45) is 11.7 Å². The molecule has 4 N–H and O–H groups in total. The van der Waals surface area contributed by atoms with Gasteiger partial charge in [-0.25, -0.2) is 0 Å². The second kappa shape index (κ2) is 8.48. The quantitative estimate of drug-likeness (QED) is 0.572. The number of benzene rings is 1. The van der Waals surface area contributed by atoms with Gasteiger partial charge in [-0.1, -0.05) is 31.4 Å². The van der Waals surface area contributed by atoms with Crippen LogP contribution in [0.5, 0.6) is 0 Å². The van der Waals surface area contributed by atoms with Crippen LogP contribution in [0, 0.1) is 5.92 Å². The van der Waals surface area contributed by atoms with Crippen molar-refractivity contribution < 1.29 is 14.7 Å². The highest BCUT2D eigenvalue weighted by Crippen LogP contribution is 2.23. The molecule has 5 nitrogen and oxygen atoms in total. The Balaban J connectivity index is 1.93. The van der Waals surface area contributed by atoms with Gasteiger partial charge in [0.25, 0.3) is 0 Å². The summed E-state index contributed by atoms with van der Waals surface area (Å²) in [4.78, 5) is 23.1. The van der Waals surface area contributed by atoms with Crippen LogP contribution in [0.2, 0.25) is 0 Å². The fourth-order valence-electron chi connectivity index (χ4n) is 2.95. The van der Waals surface area contributed by atoms with Crippen LogP contribution in [-0.4, -0.2) is 29.6 Å². The molecule has 0 spiro atoms. The number of nitrogens with one attached hydrogen (secondary N) is 1. The average Bonchev–Trinajstić information content (AvgIpc) is 2.78. The fourth-order valence-corrected chi connectivity index (χ4v) is 2.95. The first-order valence-electron chi connectivity index (χ1n) is 8.09. The molecule has 0 aliphatic heterocycles. The molecule has 1 aliphatic rings. The van der Waals surface area contributed by atoms with Crippen molar-refractivity contribution in [2.75, 3.05) is 6.61 Å². The molecule has 1 aromatic rings. The first-order valence-corrected chi connectivity index (χ1v) is 8.09. The van der Waals surface area contributed by atoms with Gasteiger partial charge in [-0.15, -0.1) is 0 Å². The molecule has 124 valence electrons. The predicted octanol–water partition coefficient (Wildman–Crippen LogP) is 1.86. The van der Waals surface area contributed by atoms with E-state index in [9.17, 15) is 14.7 Å². The molecule has 0 saturated heterocycles. The zero-order valence-corrected chi connectivity index (χ0v) is 13.2. The standard InChI is InChI=1S/C18H24N2O3/c19-18(23)14-9-6-13(7-10-14)8-11-17(22)20-16-5-3-1-2-4-15(16)12-21/h6-11,15-16,21H,1-5,12H2,(H2,19,23)(H,20,22)/b11-8+. The van der Waals surface area contributed by atoms with Gasteiger partial charge < -0.3 is 16.2 Å². The van der Waals surface area contributed by atoms with Crippen molar-refractivity contribution in [3.63, 3.8) is 0 Å². The van der Waals surface area contributed by atoms with Gasteiger partial charge in [0.05, 0.1) is 0 Å². The number of amides is 2. The zero-order chi connectivity index (χ0) is 16.7. The predicted molar refractivity (Wildman–Crippen MR) is 89.6 cm³/mol. The Labute approximate surface area is 136 Å². The summed E-state index contributed by atoms with van der Waals surface area (Å²) < 4.78 is 0. The monoisotopic (exact) mass is 316 g/mol. The molecule has 0 aromatic heterocycles. The van der Waals surface area contributed by atoms with Crippen LogP contribution in [0.25, 0.3) is 6.08 Å². The zero-order valence-electron chi connectivity index (χ0n) is 13.2. The SMILES string of the molecule is NC(=O)c1ccc(/C=C/C(=O)NC2CCCCCC2CO)cc1. The lowest BCUT2D eigenvalue weighted by Gasteiger charge is -2.23. The lowest BCUT2D eigenvalue weighted by molar-refractivity contribution is -0.117. The highest BCUT2D eigenvalue weighted by atomic mass is 16.3. The number of primary amides is 1. The van der Waals surface area contributed by atoms with Crippen molar-refractivity contribution in [3.05, 3.63) is 41.5 Å². The van der Waals surface area contributed by atoms with E-state index in [-0.39, 0.29) is 24.5 Å². The van der Waals surface area contributed by atoms with Crippen LogP contribution >= 0.6 is 0 Å². The molecule has 1 saturated carbocycles. The Morgan fingerprint density at radius 2 is 1.87 bits per heavy atom. The van der Waals surface area contributed by atoms with E-state index in [2.05, 4.69) is 5.32 Å². The largest absolute Gasteiger partial charge is 0.396 e. The highest BCUT2D eigenvalue weighted by Gasteiger charge is 2.23. The van der Waals surface area contributed by atoms with Crippen molar-refractivity contribution in [3.8, 4) is 0 Å². The van der Waals surface area contributed by atoms with Crippen molar-refractivity contribution in [1.82, 2.24) is 5.32 Å². The van der Waals surface area contributed by atoms with Crippen LogP contribution in [0.4, 0.5) is 0 Å². The number of nitrogens with two attached hydrogens (primary N) is 1. The molecule has 2 rings (SSSR count). The first-order chi connectivity index (χ1) is 11.1. The van der Waals surface area contributed by atoms with E-state index >= 15 is 0 Å². The van der Waals surface area contributed by atoms with Gasteiger partial charge in [0.2, 0.25) is 11.8 Å². The van der Waals surface area contributed by atoms with Crippen molar-refractivity contribution >= 4 is 17.9 Å². The number of hydrogen-bond donors (Lipinski definition) is 3. The topological polar surface area (TPSA) is 92.4 Å². The van der Waals surface area contributed by atoms with E-state index in [4.69, 9.17) is 5.73 Å². The third-order valence-corrected chi connectivity index (χ3v) is 4.34. The fraction of sp³-hybridized carbons (Fsp3) is 0.444. The molecule has 2 unspecified atom stereocenters. The second-order valence-electron chi connectivity index (χ2n) is 6.02. The smallest absolute Gasteiger partial charge is 0.248 e. The molecule has 0 heterocycles. The molecular formula is C18H24N2O3. The summed E-state index contributed by atoms with van der Waals surface area (Å²) in [6, 6.07) is 6.79. The number of rotatable bonds is 5. The van der Waals surface area contributed by atoms with Gasteiger partial charge >= 0.3 is 0 Å². The maximum absolute atomic E-state index is 12.1. The Kier molecular flexibility index (Phi) is 6.35. The second-order valence-corrected chi connectivity index (χ2v) is 6.02. The summed E-state index contributed by atoms with van der Waals surface area (Å²) in [5, 5.41) is 12.5. The molecule has 2 atom stereocenters. The molecule has 1 fully saturated rings. The summed E-state index contributed by atoms with van der Waals surface area (Å²) in [5.74, 6) is -0.485. The van der Waals surface area contributed by atoms with Crippen LogP contribution in [-0.2, 0) is 4.79 Å². The minimum atomic E-state index is -0.471. The first kappa shape index (κ1) is 17.2. The maximum Gasteiger partial charge on any atom is 0.248 e. The van der Waals surface area contributed by atoms with Gasteiger partial charge in [0, 0.05) is 30.2 Å². The van der Waals surface area contributed by atoms with Gasteiger partial charge in [0.1, 0.15) is 0 Å². The van der Waals surface area contributed by atoms with E-state index < -0.39 is 5.91 Å². The summed E-state index contributed by atoms with van der Waals surface area (Å²) >= 11 is 0. The van der Waals surface area contributed by atoms with E-state index in [1.165, 1.54) is 6.08 Å². The Morgan fingerprint density at radius 3 is 2.52 bits per heavy atom. The number of aliphatic hydroxyl groups is 1. The van der Waals surface area contributed by atoms with Gasteiger partial charge in [0.15, 0.2) is 0 Å². The lowest BCUT2D eigenvalue weighted by Crippen LogP contribution is -2.40. The number of aliphatic hydroxyl groups excluding tert-OH is 1. The molecule has 5 heteroatoms. The Hall–Kier alpha value is -2.14. The van der Waals surface area contributed by atoms with E-state index in [1.807, 2.05) is 0 Å². The molecular weight excluding hydrogens is 292 g/mol. The number of carbonyl (C=O) groups excluding carboxylic acids is 2. The highest BCUT2D eigenvalue weighted by molar-refractivity contribution is 5.94. The number of carbonyl (C=O) groups is 2. The third kappa shape index (κ3) is 5.21. The van der Waals surface area contributed by atoms with Crippen LogP contribution in [0.3, 0.4) is 0 Å². The Morgan fingerprint density at radius 1 is 1.17 bits per heavy atom. The van der Waals surface area contributed by atoms with Gasteiger partial charge in [-0.2, -0.15) is 0 Å². The van der Waals surface area contributed by atoms with Crippen molar-refractivity contribution in [2.45, 2.75) is 38.1 Å². The minimum Gasteiger partial charge on any atom is -0.396 e. The average molecular weight is 316 g/mol. The molecule has 23 heavy (non-hydrogen) atoms. The molecule has 2 amide bonds. The normalized spacial score (nSPS) is 21.8. The van der Waals surface area contributed by atoms with Crippen molar-refractivity contribution in [1.29, 1.82) is 0 Å². The molecule has 1 aromatic carbocycles. The van der Waals surface area contributed by atoms with E-state index in [0.29, 0.717) is 5.56 Å². The van der Waals surface area contributed by atoms with Gasteiger partial charge in [-0.3, -0.25) is 9.59 Å². The summed E-state index contributed by atoms with van der Waals surface area (Å²) in [5.41, 5.74) is 6.45. The number of hydrogen-bond acceptors (Lipinski definition) is 3. The molecule has 0 bridgehead atoms. The summed E-state index contributed by atoms with van der Waals surface area (Å²) in [7, 11) is 0. The van der Waals surface area contributed by atoms with Crippen LogP contribution in [0.15, 0.2) is 30.3 Å². The van der Waals surface area contributed by atoms with E-state index in [0.717, 1.165) is 37.7 Å². The van der Waals surface area contributed by atoms with Crippen LogP contribution < -0.4 is 11.1 Å². The van der Waals surface area contributed by atoms with E-state index in [1.54, 1.807) is 30.3 Å². The minimum absolute atomic E-state index is 0.0388. The lowest BCUT2D eigenvalue weighted by atomic mass is 9.95. The summed E-state index contributed by atoms with van der Waals surface area (Å²) in [6.07, 6.45) is 8.41. The molecule has 1 aliphatic carbocycles. The maximum atomic E-state index is 12.1. The summed E-state index contributed by atoms with van der Waals surface area (Å²) in [6.45, 7) is 0.114. The van der Waals surface area contributed by atoms with Crippen LogP contribution in [0.1, 0.15) is 48.0 Å². The Bertz CT molecular complexity index is 566. The molecule has 0 radical (unpaired) electrons. The van der Waals surface area contributed by atoms with Gasteiger partial charge in [-0.05, 0) is 36.6 Å².